The van der Waals surface area contributed by atoms with Crippen LogP contribution in [0.25, 0.3) is 0 Å². The third-order valence-electron chi connectivity index (χ3n) is 3.02. The van der Waals surface area contributed by atoms with Crippen LogP contribution >= 0.6 is 0 Å². The third-order valence-corrected chi connectivity index (χ3v) is 3.02. The number of rotatable bonds is 8. The molecule has 2 N–H and O–H groups in total. The molecule has 0 spiro atoms. The summed E-state index contributed by atoms with van der Waals surface area (Å²) in [6, 6.07) is 8.47. The van der Waals surface area contributed by atoms with Crippen molar-refractivity contribution in [1.29, 1.82) is 0 Å². The monoisotopic (exact) mass is 292 g/mol. The molecule has 1 aromatic carbocycles. The second-order valence-corrected chi connectivity index (χ2v) is 5.06. The van der Waals surface area contributed by atoms with Gasteiger partial charge in [0.15, 0.2) is 5.96 Å². The molecule has 0 fully saturated rings. The van der Waals surface area contributed by atoms with E-state index < -0.39 is 0 Å². The Labute approximate surface area is 128 Å². The average Bonchev–Trinajstić information content (AvgIpc) is 2.47. The highest BCUT2D eigenvalue weighted by Gasteiger charge is 2.04. The molecule has 0 aromatic heterocycles. The second kappa shape index (κ2) is 10.2. The zero-order chi connectivity index (χ0) is 15.5. The molecule has 0 radical (unpaired) electrons. The topological polar surface area (TPSA) is 48.9 Å². The van der Waals surface area contributed by atoms with Gasteiger partial charge in [0.1, 0.15) is 0 Å². The summed E-state index contributed by atoms with van der Waals surface area (Å²) in [5, 5.41) is 6.58. The summed E-state index contributed by atoms with van der Waals surface area (Å²) in [5.41, 5.74) is 2.62. The van der Waals surface area contributed by atoms with Crippen LogP contribution in [0.1, 0.15) is 18.1 Å². The maximum Gasteiger partial charge on any atom is 0.191 e. The highest BCUT2D eigenvalue weighted by molar-refractivity contribution is 5.79. The quantitative estimate of drug-likeness (QED) is 0.432. The van der Waals surface area contributed by atoms with Crippen LogP contribution in [-0.2, 0) is 17.8 Å². The van der Waals surface area contributed by atoms with Crippen LogP contribution in [0.3, 0.4) is 0 Å². The van der Waals surface area contributed by atoms with Crippen molar-refractivity contribution in [1.82, 2.24) is 15.5 Å². The molecule has 21 heavy (non-hydrogen) atoms. The minimum absolute atomic E-state index is 0.689. The minimum atomic E-state index is 0.689. The molecule has 5 nitrogen and oxygen atoms in total. The predicted octanol–water partition coefficient (Wildman–Crippen LogP) is 1.45. The molecule has 1 rings (SSSR count). The zero-order valence-corrected chi connectivity index (χ0v) is 13.6. The van der Waals surface area contributed by atoms with Gasteiger partial charge in [0.25, 0.3) is 0 Å². The van der Waals surface area contributed by atoms with Crippen molar-refractivity contribution in [3.8, 4) is 0 Å². The Kier molecular flexibility index (Phi) is 8.47. The van der Waals surface area contributed by atoms with Gasteiger partial charge >= 0.3 is 0 Å². The van der Waals surface area contributed by atoms with Gasteiger partial charge in [-0.15, -0.1) is 0 Å². The summed E-state index contributed by atoms with van der Waals surface area (Å²) in [4.78, 5) is 6.39. The molecule has 1 aromatic rings. The predicted molar refractivity (Wildman–Crippen MR) is 88.5 cm³/mol. The van der Waals surface area contributed by atoms with E-state index in [4.69, 9.17) is 4.74 Å². The van der Waals surface area contributed by atoms with Crippen molar-refractivity contribution < 1.29 is 4.74 Å². The van der Waals surface area contributed by atoms with Gasteiger partial charge in [-0.2, -0.15) is 0 Å². The molecule has 0 aliphatic heterocycles. The normalized spacial score (nSPS) is 11.8. The van der Waals surface area contributed by atoms with Crippen molar-refractivity contribution in [3.63, 3.8) is 0 Å². The molecule has 0 unspecified atom stereocenters. The van der Waals surface area contributed by atoms with Crippen molar-refractivity contribution in [2.45, 2.75) is 20.0 Å². The van der Waals surface area contributed by atoms with E-state index in [9.17, 15) is 0 Å². The van der Waals surface area contributed by atoms with Crippen molar-refractivity contribution in [3.05, 3.63) is 35.4 Å². The molecule has 0 saturated heterocycles. The lowest BCUT2D eigenvalue weighted by atomic mass is 10.1. The van der Waals surface area contributed by atoms with Gasteiger partial charge in [0.2, 0.25) is 0 Å². The summed E-state index contributed by atoms with van der Waals surface area (Å²) in [6.45, 7) is 5.88. The lowest BCUT2D eigenvalue weighted by molar-refractivity contribution is 0.152. The van der Waals surface area contributed by atoms with Gasteiger partial charge in [-0.05, 0) is 32.1 Å². The summed E-state index contributed by atoms with van der Waals surface area (Å²) in [7, 11) is 5.94. The van der Waals surface area contributed by atoms with Gasteiger partial charge in [-0.25, -0.2) is 0 Å². The fraction of sp³-hybridized carbons (Fsp3) is 0.562. The maximum atomic E-state index is 5.30. The van der Waals surface area contributed by atoms with Crippen LogP contribution in [-0.4, -0.2) is 51.8 Å². The van der Waals surface area contributed by atoms with Gasteiger partial charge in [-0.1, -0.05) is 24.3 Å². The van der Waals surface area contributed by atoms with Crippen molar-refractivity contribution >= 4 is 5.96 Å². The highest BCUT2D eigenvalue weighted by Crippen LogP contribution is 2.10. The number of nitrogens with one attached hydrogen (secondary N) is 2. The highest BCUT2D eigenvalue weighted by atomic mass is 16.5. The van der Waals surface area contributed by atoms with Crippen LogP contribution in [0.15, 0.2) is 29.3 Å². The van der Waals surface area contributed by atoms with Crippen LogP contribution in [0, 0.1) is 0 Å². The van der Waals surface area contributed by atoms with Crippen molar-refractivity contribution in [2.75, 3.05) is 40.9 Å². The van der Waals surface area contributed by atoms with Crippen LogP contribution in [0.4, 0.5) is 0 Å². The van der Waals surface area contributed by atoms with E-state index in [1.807, 2.05) is 6.92 Å². The maximum absolute atomic E-state index is 5.30. The van der Waals surface area contributed by atoms with Gasteiger partial charge in [0.05, 0.1) is 6.61 Å². The Morgan fingerprint density at radius 2 is 1.90 bits per heavy atom. The first-order valence-corrected chi connectivity index (χ1v) is 7.41. The smallest absolute Gasteiger partial charge is 0.191 e. The largest absolute Gasteiger partial charge is 0.380 e. The Balaban J connectivity index is 2.49. The number of guanidine groups is 1. The van der Waals surface area contributed by atoms with Crippen molar-refractivity contribution in [2.24, 2.45) is 4.99 Å². The van der Waals surface area contributed by atoms with E-state index in [1.54, 1.807) is 7.05 Å². The van der Waals surface area contributed by atoms with E-state index in [-0.39, 0.29) is 0 Å². The fourth-order valence-corrected chi connectivity index (χ4v) is 2.01. The second-order valence-electron chi connectivity index (χ2n) is 5.06. The third kappa shape index (κ3) is 7.11. The summed E-state index contributed by atoms with van der Waals surface area (Å²) < 4.78 is 5.30. The molecular formula is C16H28N4O. The molecule has 0 heterocycles. The van der Waals surface area contributed by atoms with Crippen LogP contribution in [0.2, 0.25) is 0 Å². The standard InChI is InChI=1S/C16H28N4O/c1-5-21-11-10-18-16(17-2)19-12-14-8-6-7-9-15(14)13-20(3)4/h6-9H,5,10-13H2,1-4H3,(H2,17,18,19). The first-order valence-electron chi connectivity index (χ1n) is 7.41. The van der Waals surface area contributed by atoms with E-state index in [2.05, 4.69) is 58.9 Å². The van der Waals surface area contributed by atoms with Gasteiger partial charge < -0.3 is 20.3 Å². The first kappa shape index (κ1) is 17.5. The van der Waals surface area contributed by atoms with E-state index in [0.717, 1.165) is 32.2 Å². The van der Waals surface area contributed by atoms with E-state index in [1.165, 1.54) is 11.1 Å². The first-order chi connectivity index (χ1) is 10.2. The molecular weight excluding hydrogens is 264 g/mol. The molecule has 0 atom stereocenters. The summed E-state index contributed by atoms with van der Waals surface area (Å²) in [6.07, 6.45) is 0. The Morgan fingerprint density at radius 3 is 2.52 bits per heavy atom. The Morgan fingerprint density at radius 1 is 1.19 bits per heavy atom. The number of hydrogen-bond acceptors (Lipinski definition) is 3. The molecule has 5 heteroatoms. The minimum Gasteiger partial charge on any atom is -0.380 e. The number of benzene rings is 1. The van der Waals surface area contributed by atoms with Crippen LogP contribution < -0.4 is 10.6 Å². The Hall–Kier alpha value is -1.59. The lowest BCUT2D eigenvalue weighted by Crippen LogP contribution is -2.38. The summed E-state index contributed by atoms with van der Waals surface area (Å²) in [5.74, 6) is 0.800. The van der Waals surface area contributed by atoms with Crippen LogP contribution in [0.5, 0.6) is 0 Å². The molecule has 118 valence electrons. The summed E-state index contributed by atoms with van der Waals surface area (Å²) >= 11 is 0. The molecule has 0 bridgehead atoms. The lowest BCUT2D eigenvalue weighted by Gasteiger charge is -2.16. The number of hydrogen-bond donors (Lipinski definition) is 2. The number of aliphatic imine (C=N–C) groups is 1. The van der Waals surface area contributed by atoms with E-state index >= 15 is 0 Å². The van der Waals surface area contributed by atoms with Gasteiger partial charge in [0, 0.05) is 33.3 Å². The van der Waals surface area contributed by atoms with E-state index in [0.29, 0.717) is 6.61 Å². The number of nitrogens with zero attached hydrogens (tertiary/aromatic N) is 2. The fourth-order valence-electron chi connectivity index (χ4n) is 2.01. The average molecular weight is 292 g/mol. The SMILES string of the molecule is CCOCCNC(=NC)NCc1ccccc1CN(C)C. The number of ether oxygens (including phenoxy) is 1. The van der Waals surface area contributed by atoms with Gasteiger partial charge in [-0.3, -0.25) is 4.99 Å². The Bertz CT molecular complexity index is 432. The molecule has 0 saturated carbocycles. The molecule has 0 amide bonds. The molecule has 0 aliphatic carbocycles. The molecule has 0 aliphatic rings. The zero-order valence-electron chi connectivity index (χ0n) is 13.6.